The van der Waals surface area contributed by atoms with Crippen LogP contribution in [0.25, 0.3) is 11.0 Å². The maximum absolute atomic E-state index is 5.70. The summed E-state index contributed by atoms with van der Waals surface area (Å²) in [5, 5.41) is 0. The summed E-state index contributed by atoms with van der Waals surface area (Å²) in [7, 11) is 0. The molecule has 0 spiro atoms. The van der Waals surface area contributed by atoms with E-state index in [0.29, 0.717) is 6.54 Å². The average molecular weight is 321 g/mol. The monoisotopic (exact) mass is 321 g/mol. The molecule has 0 aliphatic rings. The van der Waals surface area contributed by atoms with Crippen molar-refractivity contribution in [1.82, 2.24) is 9.55 Å². The predicted molar refractivity (Wildman–Crippen MR) is 101 cm³/mol. The first kappa shape index (κ1) is 16.7. The average Bonchev–Trinajstić information content (AvgIpc) is 2.91. The van der Waals surface area contributed by atoms with Crippen molar-refractivity contribution in [2.24, 2.45) is 5.73 Å². The van der Waals surface area contributed by atoms with Crippen LogP contribution in [-0.4, -0.2) is 9.55 Å². The molecular formula is C21H27N3. The Balaban J connectivity index is 2.03. The van der Waals surface area contributed by atoms with E-state index < -0.39 is 0 Å². The molecule has 0 bridgehead atoms. The topological polar surface area (TPSA) is 43.8 Å². The van der Waals surface area contributed by atoms with Crippen LogP contribution in [0, 0.1) is 13.8 Å². The normalized spacial score (nSPS) is 11.3. The molecule has 0 saturated heterocycles. The molecule has 0 unspecified atom stereocenters. The number of hydrogen-bond donors (Lipinski definition) is 1. The van der Waals surface area contributed by atoms with Gasteiger partial charge in [0.1, 0.15) is 5.82 Å². The quantitative estimate of drug-likeness (QED) is 0.726. The highest BCUT2D eigenvalue weighted by Crippen LogP contribution is 2.23. The number of benzene rings is 2. The van der Waals surface area contributed by atoms with E-state index in [4.69, 9.17) is 10.7 Å². The smallest absolute Gasteiger partial charge is 0.110 e. The van der Waals surface area contributed by atoms with E-state index in [0.717, 1.165) is 18.5 Å². The fourth-order valence-corrected chi connectivity index (χ4v) is 3.10. The largest absolute Gasteiger partial charge is 0.326 e. The number of nitrogens with zero attached hydrogens (tertiary/aromatic N) is 2. The van der Waals surface area contributed by atoms with E-state index in [1.165, 1.54) is 46.4 Å². The Labute approximate surface area is 144 Å². The van der Waals surface area contributed by atoms with Crippen molar-refractivity contribution in [2.45, 2.75) is 53.1 Å². The lowest BCUT2D eigenvalue weighted by Gasteiger charge is -2.11. The van der Waals surface area contributed by atoms with Crippen LogP contribution in [0.15, 0.2) is 36.4 Å². The number of imidazole rings is 1. The Morgan fingerprint density at radius 3 is 2.33 bits per heavy atom. The van der Waals surface area contributed by atoms with E-state index in [9.17, 15) is 0 Å². The molecule has 24 heavy (non-hydrogen) atoms. The summed E-state index contributed by atoms with van der Waals surface area (Å²) in [5.74, 6) is 1.19. The summed E-state index contributed by atoms with van der Waals surface area (Å²) in [6.07, 6.45) is 3.39. The van der Waals surface area contributed by atoms with Crippen molar-refractivity contribution in [3.63, 3.8) is 0 Å². The molecule has 0 aliphatic carbocycles. The van der Waals surface area contributed by atoms with Crippen LogP contribution in [0.3, 0.4) is 0 Å². The van der Waals surface area contributed by atoms with Crippen LogP contribution in [-0.2, 0) is 19.5 Å². The van der Waals surface area contributed by atoms with Crippen molar-refractivity contribution in [1.29, 1.82) is 0 Å². The van der Waals surface area contributed by atoms with Crippen LogP contribution >= 0.6 is 0 Å². The highest BCUT2D eigenvalue weighted by Gasteiger charge is 2.12. The number of hydrogen-bond acceptors (Lipinski definition) is 2. The molecule has 0 aliphatic heterocycles. The molecular weight excluding hydrogens is 294 g/mol. The van der Waals surface area contributed by atoms with Crippen LogP contribution in [0.1, 0.15) is 47.8 Å². The SMILES string of the molecule is CCCCc1nc2cc(C)c(C)cc2n1Cc1ccc(CN)cc1. The number of aromatic nitrogens is 2. The highest BCUT2D eigenvalue weighted by atomic mass is 15.1. The van der Waals surface area contributed by atoms with E-state index >= 15 is 0 Å². The second-order valence-electron chi connectivity index (χ2n) is 6.66. The van der Waals surface area contributed by atoms with Gasteiger partial charge in [0.05, 0.1) is 11.0 Å². The standard InChI is InChI=1S/C21H27N3/c1-4-5-6-21-23-19-11-15(2)16(3)12-20(19)24(21)14-18-9-7-17(13-22)8-10-18/h7-12H,4-6,13-14,22H2,1-3H3. The number of rotatable bonds is 6. The first-order valence-electron chi connectivity index (χ1n) is 8.86. The molecule has 2 N–H and O–H groups in total. The number of aryl methyl sites for hydroxylation is 3. The zero-order valence-corrected chi connectivity index (χ0v) is 15.0. The predicted octanol–water partition coefficient (Wildman–Crippen LogP) is 4.50. The van der Waals surface area contributed by atoms with Gasteiger partial charge in [-0.25, -0.2) is 4.98 Å². The van der Waals surface area contributed by atoms with Gasteiger partial charge in [0.15, 0.2) is 0 Å². The van der Waals surface area contributed by atoms with E-state index in [2.05, 4.69) is 61.7 Å². The second-order valence-corrected chi connectivity index (χ2v) is 6.66. The Bertz CT molecular complexity index is 828. The van der Waals surface area contributed by atoms with Crippen LogP contribution in [0.2, 0.25) is 0 Å². The molecule has 0 amide bonds. The maximum Gasteiger partial charge on any atom is 0.110 e. The third-order valence-electron chi connectivity index (χ3n) is 4.80. The van der Waals surface area contributed by atoms with Crippen molar-refractivity contribution in [3.05, 3.63) is 64.5 Å². The molecule has 3 rings (SSSR count). The molecule has 126 valence electrons. The Hall–Kier alpha value is -2.13. The van der Waals surface area contributed by atoms with Crippen molar-refractivity contribution >= 4 is 11.0 Å². The van der Waals surface area contributed by atoms with Gasteiger partial charge in [-0.05, 0) is 54.7 Å². The Kier molecular flexibility index (Phi) is 5.00. The molecule has 2 aromatic carbocycles. The number of fused-ring (bicyclic) bond motifs is 1. The maximum atomic E-state index is 5.70. The fourth-order valence-electron chi connectivity index (χ4n) is 3.10. The summed E-state index contributed by atoms with van der Waals surface area (Å²) in [4.78, 5) is 4.92. The number of unbranched alkanes of at least 4 members (excludes halogenated alkanes) is 1. The van der Waals surface area contributed by atoms with Gasteiger partial charge in [0, 0.05) is 19.5 Å². The van der Waals surface area contributed by atoms with E-state index in [1.807, 2.05) is 0 Å². The van der Waals surface area contributed by atoms with Gasteiger partial charge in [-0.2, -0.15) is 0 Å². The lowest BCUT2D eigenvalue weighted by molar-refractivity contribution is 0.689. The zero-order valence-electron chi connectivity index (χ0n) is 15.0. The van der Waals surface area contributed by atoms with Crippen LogP contribution in [0.5, 0.6) is 0 Å². The molecule has 0 saturated carbocycles. The zero-order chi connectivity index (χ0) is 17.1. The van der Waals surface area contributed by atoms with Gasteiger partial charge in [-0.3, -0.25) is 0 Å². The molecule has 3 nitrogen and oxygen atoms in total. The van der Waals surface area contributed by atoms with Gasteiger partial charge in [-0.1, -0.05) is 37.6 Å². The van der Waals surface area contributed by atoms with Crippen molar-refractivity contribution < 1.29 is 0 Å². The minimum absolute atomic E-state index is 0.592. The van der Waals surface area contributed by atoms with E-state index in [1.54, 1.807) is 0 Å². The van der Waals surface area contributed by atoms with Crippen molar-refractivity contribution in [2.75, 3.05) is 0 Å². The summed E-state index contributed by atoms with van der Waals surface area (Å²) in [5.41, 5.74) is 13.2. The minimum atomic E-state index is 0.592. The molecule has 1 aromatic heterocycles. The van der Waals surface area contributed by atoms with Gasteiger partial charge < -0.3 is 10.3 Å². The third-order valence-corrected chi connectivity index (χ3v) is 4.80. The minimum Gasteiger partial charge on any atom is -0.326 e. The Morgan fingerprint density at radius 1 is 1.00 bits per heavy atom. The fraction of sp³-hybridized carbons (Fsp3) is 0.381. The van der Waals surface area contributed by atoms with E-state index in [-0.39, 0.29) is 0 Å². The lowest BCUT2D eigenvalue weighted by Crippen LogP contribution is -2.06. The first-order valence-corrected chi connectivity index (χ1v) is 8.86. The molecule has 0 atom stereocenters. The first-order chi connectivity index (χ1) is 11.6. The molecule has 1 heterocycles. The molecule has 3 aromatic rings. The van der Waals surface area contributed by atoms with Gasteiger partial charge in [0.25, 0.3) is 0 Å². The van der Waals surface area contributed by atoms with Gasteiger partial charge in [0.2, 0.25) is 0 Å². The van der Waals surface area contributed by atoms with Gasteiger partial charge in [-0.15, -0.1) is 0 Å². The lowest BCUT2D eigenvalue weighted by atomic mass is 10.1. The molecule has 3 heteroatoms. The van der Waals surface area contributed by atoms with Gasteiger partial charge >= 0.3 is 0 Å². The van der Waals surface area contributed by atoms with Crippen molar-refractivity contribution in [3.8, 4) is 0 Å². The van der Waals surface area contributed by atoms with Crippen LogP contribution in [0.4, 0.5) is 0 Å². The highest BCUT2D eigenvalue weighted by molar-refractivity contribution is 5.78. The molecule has 0 fully saturated rings. The summed E-state index contributed by atoms with van der Waals surface area (Å²) < 4.78 is 2.38. The third kappa shape index (κ3) is 3.36. The summed E-state index contributed by atoms with van der Waals surface area (Å²) >= 11 is 0. The summed E-state index contributed by atoms with van der Waals surface area (Å²) in [6, 6.07) is 13.1. The second kappa shape index (κ2) is 7.18. The number of nitrogens with two attached hydrogens (primary N) is 1. The Morgan fingerprint density at radius 2 is 1.67 bits per heavy atom. The summed E-state index contributed by atoms with van der Waals surface area (Å²) in [6.45, 7) is 8.02. The molecule has 0 radical (unpaired) electrons. The van der Waals surface area contributed by atoms with Crippen LogP contribution < -0.4 is 5.73 Å².